The average Bonchev–Trinajstić information content (AvgIpc) is 2.50. The molecule has 0 saturated heterocycles. The van der Waals surface area contributed by atoms with Crippen molar-refractivity contribution >= 4 is 17.8 Å². The molecule has 7 nitrogen and oxygen atoms in total. The zero-order valence-electron chi connectivity index (χ0n) is 7.14. The van der Waals surface area contributed by atoms with Crippen LogP contribution < -0.4 is 5.32 Å². The van der Waals surface area contributed by atoms with Crippen molar-refractivity contribution in [2.45, 2.75) is 0 Å². The summed E-state index contributed by atoms with van der Waals surface area (Å²) in [6, 6.07) is 0. The van der Waals surface area contributed by atoms with Gasteiger partial charge in [-0.2, -0.15) is 10.1 Å². The number of anilines is 1. The average molecular weight is 184 g/mol. The summed E-state index contributed by atoms with van der Waals surface area (Å²) >= 11 is 0. The smallest absolute Gasteiger partial charge is 0.396 e. The normalized spacial score (nSPS) is 9.38. The van der Waals surface area contributed by atoms with E-state index in [-0.39, 0.29) is 5.95 Å². The highest BCUT2D eigenvalue weighted by molar-refractivity contribution is 6.37. The van der Waals surface area contributed by atoms with Gasteiger partial charge in [0.2, 0.25) is 5.95 Å². The van der Waals surface area contributed by atoms with E-state index in [1.54, 1.807) is 7.05 Å². The molecule has 0 saturated carbocycles. The van der Waals surface area contributed by atoms with Gasteiger partial charge in [0.1, 0.15) is 6.33 Å². The first-order valence-corrected chi connectivity index (χ1v) is 3.38. The van der Waals surface area contributed by atoms with Crippen molar-refractivity contribution in [3.8, 4) is 0 Å². The number of aryl methyl sites for hydroxylation is 1. The maximum absolute atomic E-state index is 10.9. The lowest BCUT2D eigenvalue weighted by molar-refractivity contribution is -0.150. The molecule has 0 spiro atoms. The van der Waals surface area contributed by atoms with Gasteiger partial charge in [0.05, 0.1) is 7.11 Å². The highest BCUT2D eigenvalue weighted by atomic mass is 16.5. The van der Waals surface area contributed by atoms with Crippen LogP contribution >= 0.6 is 0 Å². The van der Waals surface area contributed by atoms with E-state index >= 15 is 0 Å². The molecule has 1 N–H and O–H groups in total. The van der Waals surface area contributed by atoms with Crippen molar-refractivity contribution in [2.75, 3.05) is 12.4 Å². The fourth-order valence-corrected chi connectivity index (χ4v) is 0.655. The molecule has 1 aromatic heterocycles. The number of carbonyl (C=O) groups is 2. The molecule has 1 heterocycles. The van der Waals surface area contributed by atoms with Gasteiger partial charge in [0.25, 0.3) is 0 Å². The number of carbonyl (C=O) groups excluding carboxylic acids is 2. The van der Waals surface area contributed by atoms with Gasteiger partial charge >= 0.3 is 11.9 Å². The number of aromatic nitrogens is 3. The second-order valence-electron chi connectivity index (χ2n) is 2.15. The molecular formula is C6H8N4O3. The quantitative estimate of drug-likeness (QED) is 0.443. The van der Waals surface area contributed by atoms with E-state index < -0.39 is 11.9 Å². The molecular weight excluding hydrogens is 176 g/mol. The summed E-state index contributed by atoms with van der Waals surface area (Å²) in [7, 11) is 2.71. The van der Waals surface area contributed by atoms with Crippen molar-refractivity contribution in [2.24, 2.45) is 7.05 Å². The highest BCUT2D eigenvalue weighted by Crippen LogP contribution is 1.97. The zero-order chi connectivity index (χ0) is 9.84. The third-order valence-corrected chi connectivity index (χ3v) is 1.31. The summed E-state index contributed by atoms with van der Waals surface area (Å²) in [5, 5.41) is 5.91. The number of methoxy groups -OCH3 is 1. The topological polar surface area (TPSA) is 86.1 Å². The van der Waals surface area contributed by atoms with Crippen LogP contribution in [-0.2, 0) is 21.4 Å². The SMILES string of the molecule is COC(=O)C(=O)Nc1ncnn1C. The van der Waals surface area contributed by atoms with Gasteiger partial charge in [-0.3, -0.25) is 10.1 Å². The van der Waals surface area contributed by atoms with Crippen LogP contribution in [0.3, 0.4) is 0 Å². The lowest BCUT2D eigenvalue weighted by Crippen LogP contribution is -2.25. The maximum Gasteiger partial charge on any atom is 0.396 e. The second-order valence-corrected chi connectivity index (χ2v) is 2.15. The van der Waals surface area contributed by atoms with Gasteiger partial charge < -0.3 is 4.74 Å². The van der Waals surface area contributed by atoms with Crippen LogP contribution in [0.15, 0.2) is 6.33 Å². The Hall–Kier alpha value is -1.92. The minimum Gasteiger partial charge on any atom is -0.462 e. The standard InChI is InChI=1S/C6H8N4O3/c1-10-6(7-3-8-10)9-4(11)5(12)13-2/h3H,1-2H3,(H,7,8,9,11). The fourth-order valence-electron chi connectivity index (χ4n) is 0.655. The van der Waals surface area contributed by atoms with Gasteiger partial charge in [-0.1, -0.05) is 0 Å². The van der Waals surface area contributed by atoms with E-state index in [9.17, 15) is 9.59 Å². The number of nitrogens with one attached hydrogen (secondary N) is 1. The van der Waals surface area contributed by atoms with Crippen LogP contribution in [0.25, 0.3) is 0 Å². The predicted molar refractivity (Wildman–Crippen MR) is 41.6 cm³/mol. The van der Waals surface area contributed by atoms with Crippen LogP contribution in [0, 0.1) is 0 Å². The molecule has 0 aromatic carbocycles. The van der Waals surface area contributed by atoms with Crippen LogP contribution in [0.4, 0.5) is 5.95 Å². The Morgan fingerprint density at radius 3 is 2.77 bits per heavy atom. The summed E-state index contributed by atoms with van der Waals surface area (Å²) < 4.78 is 5.51. The van der Waals surface area contributed by atoms with E-state index in [2.05, 4.69) is 20.1 Å². The molecule has 0 aliphatic heterocycles. The Balaban J connectivity index is 2.65. The number of nitrogens with zero attached hydrogens (tertiary/aromatic N) is 3. The molecule has 13 heavy (non-hydrogen) atoms. The molecule has 1 amide bonds. The van der Waals surface area contributed by atoms with Crippen LogP contribution in [0.1, 0.15) is 0 Å². The molecule has 70 valence electrons. The van der Waals surface area contributed by atoms with Gasteiger partial charge in [0, 0.05) is 7.05 Å². The molecule has 0 radical (unpaired) electrons. The van der Waals surface area contributed by atoms with Crippen LogP contribution in [-0.4, -0.2) is 33.8 Å². The van der Waals surface area contributed by atoms with E-state index in [0.29, 0.717) is 0 Å². The van der Waals surface area contributed by atoms with E-state index in [1.165, 1.54) is 11.0 Å². The van der Waals surface area contributed by atoms with E-state index in [1.807, 2.05) is 0 Å². The van der Waals surface area contributed by atoms with Gasteiger partial charge in [-0.25, -0.2) is 9.48 Å². The molecule has 0 unspecified atom stereocenters. The molecule has 0 bridgehead atoms. The molecule has 0 fully saturated rings. The minimum atomic E-state index is -0.969. The molecule has 0 atom stereocenters. The monoisotopic (exact) mass is 184 g/mol. The van der Waals surface area contributed by atoms with E-state index in [4.69, 9.17) is 0 Å². The third-order valence-electron chi connectivity index (χ3n) is 1.31. The molecule has 0 aliphatic carbocycles. The van der Waals surface area contributed by atoms with Crippen molar-refractivity contribution in [1.82, 2.24) is 14.8 Å². The first kappa shape index (κ1) is 9.17. The summed E-state index contributed by atoms with van der Waals surface area (Å²) in [6.07, 6.45) is 1.26. The van der Waals surface area contributed by atoms with Crippen molar-refractivity contribution < 1.29 is 14.3 Å². The van der Waals surface area contributed by atoms with Crippen molar-refractivity contribution in [3.05, 3.63) is 6.33 Å². The van der Waals surface area contributed by atoms with Crippen molar-refractivity contribution in [1.29, 1.82) is 0 Å². The summed E-state index contributed by atoms with van der Waals surface area (Å²) in [5.41, 5.74) is 0. The Morgan fingerprint density at radius 2 is 2.31 bits per heavy atom. The fraction of sp³-hybridized carbons (Fsp3) is 0.333. The Bertz CT molecular complexity index is 332. The van der Waals surface area contributed by atoms with Gasteiger partial charge in [-0.15, -0.1) is 0 Å². The Kier molecular flexibility index (Phi) is 2.58. The lowest BCUT2D eigenvalue weighted by atomic mass is 10.6. The zero-order valence-corrected chi connectivity index (χ0v) is 7.14. The summed E-state index contributed by atoms with van der Waals surface area (Å²) in [6.45, 7) is 0. The molecule has 0 aliphatic rings. The number of ether oxygens (including phenoxy) is 1. The maximum atomic E-state index is 10.9. The summed E-state index contributed by atoms with van der Waals surface area (Å²) in [4.78, 5) is 25.3. The van der Waals surface area contributed by atoms with Gasteiger partial charge in [0.15, 0.2) is 0 Å². The predicted octanol–water partition coefficient (Wildman–Crippen LogP) is -1.07. The van der Waals surface area contributed by atoms with Crippen LogP contribution in [0.2, 0.25) is 0 Å². The van der Waals surface area contributed by atoms with Gasteiger partial charge in [-0.05, 0) is 0 Å². The number of rotatable bonds is 1. The second kappa shape index (κ2) is 3.65. The first-order chi connectivity index (χ1) is 6.15. The highest BCUT2D eigenvalue weighted by Gasteiger charge is 2.15. The van der Waals surface area contributed by atoms with Crippen molar-refractivity contribution in [3.63, 3.8) is 0 Å². The first-order valence-electron chi connectivity index (χ1n) is 3.38. The van der Waals surface area contributed by atoms with E-state index in [0.717, 1.165) is 7.11 Å². The largest absolute Gasteiger partial charge is 0.462 e. The summed E-state index contributed by atoms with van der Waals surface area (Å²) in [5.74, 6) is -1.66. The number of amides is 1. The number of hydrogen-bond donors (Lipinski definition) is 1. The minimum absolute atomic E-state index is 0.190. The Labute approximate surface area is 73.7 Å². The molecule has 1 rings (SSSR count). The number of esters is 1. The molecule has 1 aromatic rings. The molecule has 7 heteroatoms. The number of hydrogen-bond acceptors (Lipinski definition) is 5. The Morgan fingerprint density at radius 1 is 1.62 bits per heavy atom. The van der Waals surface area contributed by atoms with Crippen LogP contribution in [0.5, 0.6) is 0 Å². The lowest BCUT2D eigenvalue weighted by Gasteiger charge is -2.00. The third kappa shape index (κ3) is 2.01.